The molecule has 1 heterocycles. The van der Waals surface area contributed by atoms with Crippen LogP contribution in [0.2, 0.25) is 0 Å². The van der Waals surface area contributed by atoms with Crippen LogP contribution in [0, 0.1) is 24.4 Å². The van der Waals surface area contributed by atoms with E-state index in [0.717, 1.165) is 11.2 Å². The van der Waals surface area contributed by atoms with E-state index in [1.165, 1.54) is 23.3 Å². The number of nitrogens with zero attached hydrogens (tertiary/aromatic N) is 1. The van der Waals surface area contributed by atoms with Gasteiger partial charge in [0.2, 0.25) is 0 Å². The van der Waals surface area contributed by atoms with E-state index in [-0.39, 0.29) is 5.82 Å². The fraction of sp³-hybridized carbons (Fsp3) is 0.133. The minimum atomic E-state index is -0.268. The third-order valence-corrected chi connectivity index (χ3v) is 3.68. The molecule has 0 aliphatic rings. The molecule has 19 heavy (non-hydrogen) atoms. The largest absolute Gasteiger partial charge is 0.330 e. The van der Waals surface area contributed by atoms with E-state index in [2.05, 4.69) is 31.0 Å². The lowest BCUT2D eigenvalue weighted by Crippen LogP contribution is -1.95. The Morgan fingerprint density at radius 2 is 1.84 bits per heavy atom. The van der Waals surface area contributed by atoms with Gasteiger partial charge in [-0.2, -0.15) is 0 Å². The Kier molecular flexibility index (Phi) is 2.75. The maximum Gasteiger partial charge on any atom is 0.182 e. The van der Waals surface area contributed by atoms with Gasteiger partial charge in [-0.05, 0) is 67.5 Å². The van der Waals surface area contributed by atoms with Gasteiger partial charge in [0.25, 0.3) is 0 Å². The first-order chi connectivity index (χ1) is 9.06. The van der Waals surface area contributed by atoms with Crippen molar-refractivity contribution in [2.45, 2.75) is 13.8 Å². The molecular weight excluding hydrogens is 259 g/mol. The van der Waals surface area contributed by atoms with Crippen LogP contribution < -0.4 is 0 Å². The number of aryl methyl sites for hydroxylation is 2. The Hall–Kier alpha value is -1.94. The molecule has 0 spiro atoms. The van der Waals surface area contributed by atoms with Crippen molar-refractivity contribution in [1.82, 2.24) is 9.55 Å². The molecule has 0 amide bonds. The van der Waals surface area contributed by atoms with Gasteiger partial charge in [-0.1, -0.05) is 6.07 Å². The van der Waals surface area contributed by atoms with Gasteiger partial charge in [-0.15, -0.1) is 0 Å². The first kappa shape index (κ1) is 12.1. The van der Waals surface area contributed by atoms with E-state index < -0.39 is 0 Å². The van der Waals surface area contributed by atoms with Crippen molar-refractivity contribution >= 4 is 23.3 Å². The highest BCUT2D eigenvalue weighted by atomic mass is 32.1. The zero-order chi connectivity index (χ0) is 13.6. The second kappa shape index (κ2) is 4.31. The summed E-state index contributed by atoms with van der Waals surface area (Å²) in [5.74, 6) is -0.268. The number of imidazole rings is 1. The molecule has 0 saturated heterocycles. The first-order valence-electron chi connectivity index (χ1n) is 6.04. The van der Waals surface area contributed by atoms with Crippen LogP contribution in [0.25, 0.3) is 16.7 Å². The van der Waals surface area contributed by atoms with Crippen molar-refractivity contribution in [2.24, 2.45) is 0 Å². The molecular formula is C15H13FN2S. The normalized spacial score (nSPS) is 11.1. The third kappa shape index (κ3) is 1.98. The molecule has 3 rings (SSSR count). The number of benzene rings is 2. The first-order valence-corrected chi connectivity index (χ1v) is 6.45. The Morgan fingerprint density at radius 1 is 1.05 bits per heavy atom. The van der Waals surface area contributed by atoms with Gasteiger partial charge in [0.05, 0.1) is 11.0 Å². The lowest BCUT2D eigenvalue weighted by molar-refractivity contribution is 0.629. The van der Waals surface area contributed by atoms with Gasteiger partial charge in [-0.25, -0.2) is 4.39 Å². The van der Waals surface area contributed by atoms with E-state index >= 15 is 0 Å². The number of rotatable bonds is 1. The zero-order valence-corrected chi connectivity index (χ0v) is 11.5. The van der Waals surface area contributed by atoms with E-state index in [1.807, 2.05) is 10.6 Å². The number of fused-ring (bicyclic) bond motifs is 1. The quantitative estimate of drug-likeness (QED) is 0.649. The average Bonchev–Trinajstić information content (AvgIpc) is 2.68. The van der Waals surface area contributed by atoms with Gasteiger partial charge in [0, 0.05) is 5.69 Å². The summed E-state index contributed by atoms with van der Waals surface area (Å²) in [6.07, 6.45) is 0. The Morgan fingerprint density at radius 3 is 2.58 bits per heavy atom. The lowest BCUT2D eigenvalue weighted by atomic mass is 10.1. The van der Waals surface area contributed by atoms with E-state index in [9.17, 15) is 4.39 Å². The fourth-order valence-corrected chi connectivity index (χ4v) is 2.52. The number of nitrogens with one attached hydrogen (secondary N) is 1. The van der Waals surface area contributed by atoms with Gasteiger partial charge in [0.1, 0.15) is 5.82 Å². The van der Waals surface area contributed by atoms with Crippen LogP contribution in [-0.2, 0) is 0 Å². The number of H-pyrrole nitrogens is 1. The van der Waals surface area contributed by atoms with Crippen molar-refractivity contribution < 1.29 is 4.39 Å². The monoisotopic (exact) mass is 272 g/mol. The molecule has 1 N–H and O–H groups in total. The number of hydrogen-bond acceptors (Lipinski definition) is 1. The molecule has 4 heteroatoms. The zero-order valence-electron chi connectivity index (χ0n) is 10.7. The highest BCUT2D eigenvalue weighted by Gasteiger charge is 2.08. The molecule has 0 fully saturated rings. The fourth-order valence-electron chi connectivity index (χ4n) is 2.20. The smallest absolute Gasteiger partial charge is 0.182 e. The molecule has 0 atom stereocenters. The summed E-state index contributed by atoms with van der Waals surface area (Å²) in [5, 5.41) is 0. The molecule has 3 aromatic rings. The second-order valence-corrected chi connectivity index (χ2v) is 5.08. The highest BCUT2D eigenvalue weighted by molar-refractivity contribution is 7.71. The summed E-state index contributed by atoms with van der Waals surface area (Å²) in [6.45, 7) is 4.14. The predicted molar refractivity (Wildman–Crippen MR) is 77.9 cm³/mol. The van der Waals surface area contributed by atoms with E-state index in [0.29, 0.717) is 10.3 Å². The maximum atomic E-state index is 13.2. The minimum Gasteiger partial charge on any atom is -0.330 e. The van der Waals surface area contributed by atoms with E-state index in [4.69, 9.17) is 12.2 Å². The number of aromatic nitrogens is 2. The Balaban J connectivity index is 2.32. The minimum absolute atomic E-state index is 0.268. The van der Waals surface area contributed by atoms with Crippen LogP contribution in [-0.4, -0.2) is 9.55 Å². The van der Waals surface area contributed by atoms with Crippen LogP contribution >= 0.6 is 12.2 Å². The molecule has 0 aliphatic carbocycles. The number of hydrogen-bond donors (Lipinski definition) is 1. The molecule has 0 saturated carbocycles. The standard InChI is InChI=1S/C15H13FN2S/c1-9-3-5-12(7-10(9)2)18-14-6-4-11(16)8-13(14)17-15(18)19/h3-8H,1-2H3,(H,17,19). The summed E-state index contributed by atoms with van der Waals surface area (Å²) in [4.78, 5) is 3.04. The highest BCUT2D eigenvalue weighted by Crippen LogP contribution is 2.22. The van der Waals surface area contributed by atoms with E-state index in [1.54, 1.807) is 6.07 Å². The van der Waals surface area contributed by atoms with Gasteiger partial charge < -0.3 is 4.98 Å². The van der Waals surface area contributed by atoms with Crippen LogP contribution in [0.4, 0.5) is 4.39 Å². The summed E-state index contributed by atoms with van der Waals surface area (Å²) in [5.41, 5.74) is 5.03. The van der Waals surface area contributed by atoms with Crippen LogP contribution in [0.15, 0.2) is 36.4 Å². The topological polar surface area (TPSA) is 20.7 Å². The van der Waals surface area contributed by atoms with Gasteiger partial charge >= 0.3 is 0 Å². The molecule has 0 unspecified atom stereocenters. The van der Waals surface area contributed by atoms with Crippen molar-refractivity contribution in [1.29, 1.82) is 0 Å². The summed E-state index contributed by atoms with van der Waals surface area (Å²) in [7, 11) is 0. The number of aromatic amines is 1. The summed E-state index contributed by atoms with van der Waals surface area (Å²) >= 11 is 5.34. The van der Waals surface area contributed by atoms with Crippen LogP contribution in [0.5, 0.6) is 0 Å². The molecule has 2 aromatic carbocycles. The molecule has 0 bridgehead atoms. The maximum absolute atomic E-state index is 13.2. The predicted octanol–water partition coefficient (Wildman–Crippen LogP) is 4.44. The molecule has 0 aliphatic heterocycles. The van der Waals surface area contributed by atoms with Crippen molar-refractivity contribution in [3.05, 3.63) is 58.1 Å². The van der Waals surface area contributed by atoms with Crippen LogP contribution in [0.3, 0.4) is 0 Å². The Labute approximate surface area is 115 Å². The SMILES string of the molecule is Cc1ccc(-n2c(=S)[nH]c3cc(F)ccc32)cc1C. The Bertz CT molecular complexity index is 830. The molecule has 2 nitrogen and oxygen atoms in total. The summed E-state index contributed by atoms with van der Waals surface area (Å²) < 4.78 is 15.7. The van der Waals surface area contributed by atoms with Crippen molar-refractivity contribution in [3.63, 3.8) is 0 Å². The van der Waals surface area contributed by atoms with Gasteiger partial charge in [-0.3, -0.25) is 4.57 Å². The number of halogens is 1. The summed E-state index contributed by atoms with van der Waals surface area (Å²) in [6, 6.07) is 10.8. The van der Waals surface area contributed by atoms with Crippen molar-refractivity contribution in [2.75, 3.05) is 0 Å². The van der Waals surface area contributed by atoms with Crippen LogP contribution in [0.1, 0.15) is 11.1 Å². The second-order valence-electron chi connectivity index (χ2n) is 4.70. The third-order valence-electron chi connectivity index (χ3n) is 3.39. The molecule has 96 valence electrons. The lowest BCUT2D eigenvalue weighted by Gasteiger charge is -2.07. The van der Waals surface area contributed by atoms with Crippen molar-refractivity contribution in [3.8, 4) is 5.69 Å². The average molecular weight is 272 g/mol. The van der Waals surface area contributed by atoms with Gasteiger partial charge in [0.15, 0.2) is 4.77 Å². The molecule has 0 radical (unpaired) electrons. The molecule has 1 aromatic heterocycles.